The summed E-state index contributed by atoms with van der Waals surface area (Å²) in [6.07, 6.45) is 1.16. The maximum atomic E-state index is 6.01. The van der Waals surface area contributed by atoms with Crippen molar-refractivity contribution in [2.24, 2.45) is 11.7 Å². The van der Waals surface area contributed by atoms with E-state index < -0.39 is 0 Å². The lowest BCUT2D eigenvalue weighted by atomic mass is 10.0. The highest BCUT2D eigenvalue weighted by molar-refractivity contribution is 5.55. The van der Waals surface area contributed by atoms with Crippen LogP contribution >= 0.6 is 0 Å². The van der Waals surface area contributed by atoms with E-state index in [4.69, 9.17) is 19.9 Å². The molecule has 0 amide bonds. The molecule has 0 aliphatic carbocycles. The van der Waals surface area contributed by atoms with Crippen molar-refractivity contribution in [2.45, 2.75) is 25.9 Å². The lowest BCUT2D eigenvalue weighted by Gasteiger charge is -2.21. The van der Waals surface area contributed by atoms with E-state index in [0.717, 1.165) is 37.4 Å². The van der Waals surface area contributed by atoms with Gasteiger partial charge in [-0.3, -0.25) is 4.90 Å². The molecule has 1 aromatic rings. The molecule has 21 heavy (non-hydrogen) atoms. The van der Waals surface area contributed by atoms with E-state index in [1.807, 2.05) is 12.1 Å². The molecular weight excluding hydrogens is 268 g/mol. The molecule has 2 unspecified atom stereocenters. The molecule has 5 nitrogen and oxygen atoms in total. The second kappa shape index (κ2) is 7.00. The Morgan fingerprint density at radius 1 is 1.19 bits per heavy atom. The Kier molecular flexibility index (Phi) is 5.31. The van der Waals surface area contributed by atoms with E-state index in [0.29, 0.717) is 17.4 Å². The molecule has 0 radical (unpaired) electrons. The fourth-order valence-corrected chi connectivity index (χ4v) is 2.96. The highest BCUT2D eigenvalue weighted by atomic mass is 16.5. The number of benzene rings is 1. The predicted molar refractivity (Wildman–Crippen MR) is 83.1 cm³/mol. The van der Waals surface area contributed by atoms with Gasteiger partial charge in [0.25, 0.3) is 0 Å². The monoisotopic (exact) mass is 294 g/mol. The summed E-state index contributed by atoms with van der Waals surface area (Å²) in [7, 11) is 4.92. The number of ether oxygens (including phenoxy) is 3. The molecule has 0 bridgehead atoms. The highest BCUT2D eigenvalue weighted by Gasteiger charge is 2.26. The van der Waals surface area contributed by atoms with Gasteiger partial charge in [-0.05, 0) is 31.9 Å². The molecule has 0 spiro atoms. The maximum Gasteiger partial charge on any atom is 0.203 e. The van der Waals surface area contributed by atoms with Crippen molar-refractivity contribution in [3.05, 3.63) is 17.7 Å². The zero-order chi connectivity index (χ0) is 15.4. The molecule has 1 heterocycles. The molecule has 2 rings (SSSR count). The molecule has 2 atom stereocenters. The summed E-state index contributed by atoms with van der Waals surface area (Å²) in [4.78, 5) is 2.41. The van der Waals surface area contributed by atoms with Gasteiger partial charge in [0.1, 0.15) is 0 Å². The number of nitrogens with two attached hydrogens (primary N) is 1. The Morgan fingerprint density at radius 3 is 2.43 bits per heavy atom. The summed E-state index contributed by atoms with van der Waals surface area (Å²) in [5, 5.41) is 0. The number of nitrogens with zero attached hydrogens (tertiary/aromatic N) is 1. The first-order valence-electron chi connectivity index (χ1n) is 7.36. The van der Waals surface area contributed by atoms with E-state index in [-0.39, 0.29) is 6.04 Å². The SMILES string of the molecule is COc1ccc(CN2CCC(C(C)N)C2)c(OC)c1OC. The fraction of sp³-hybridized carbons (Fsp3) is 0.625. The van der Waals surface area contributed by atoms with Gasteiger partial charge in [-0.1, -0.05) is 6.07 Å². The van der Waals surface area contributed by atoms with E-state index in [9.17, 15) is 0 Å². The standard InChI is InChI=1S/C16H26N2O3/c1-11(17)12-7-8-18(9-12)10-13-5-6-14(19-2)16(21-4)15(13)20-3/h5-6,11-12H,7-10,17H2,1-4H3. The zero-order valence-electron chi connectivity index (χ0n) is 13.4. The fourth-order valence-electron chi connectivity index (χ4n) is 2.96. The first-order valence-corrected chi connectivity index (χ1v) is 7.36. The van der Waals surface area contributed by atoms with Crippen LogP contribution in [0.1, 0.15) is 18.9 Å². The van der Waals surface area contributed by atoms with Gasteiger partial charge in [-0.15, -0.1) is 0 Å². The number of methoxy groups -OCH3 is 3. The summed E-state index contributed by atoms with van der Waals surface area (Å²) in [5.74, 6) is 2.67. The number of rotatable bonds is 6. The van der Waals surface area contributed by atoms with Gasteiger partial charge in [0.2, 0.25) is 5.75 Å². The molecule has 118 valence electrons. The molecule has 2 N–H and O–H groups in total. The predicted octanol–water partition coefficient (Wildman–Crippen LogP) is 1.88. The Labute approximate surface area is 127 Å². The minimum atomic E-state index is 0.252. The average molecular weight is 294 g/mol. The van der Waals surface area contributed by atoms with Crippen molar-refractivity contribution in [3.63, 3.8) is 0 Å². The highest BCUT2D eigenvalue weighted by Crippen LogP contribution is 2.40. The van der Waals surface area contributed by atoms with Crippen LogP contribution in [0.2, 0.25) is 0 Å². The van der Waals surface area contributed by atoms with Crippen LogP contribution in [-0.2, 0) is 6.54 Å². The maximum absolute atomic E-state index is 6.01. The number of hydrogen-bond donors (Lipinski definition) is 1. The first kappa shape index (κ1) is 15.9. The van der Waals surface area contributed by atoms with E-state index in [2.05, 4.69) is 11.8 Å². The van der Waals surface area contributed by atoms with Crippen molar-refractivity contribution in [2.75, 3.05) is 34.4 Å². The Bertz CT molecular complexity index is 477. The molecule has 0 saturated carbocycles. The second-order valence-electron chi connectivity index (χ2n) is 5.64. The van der Waals surface area contributed by atoms with Crippen LogP contribution in [-0.4, -0.2) is 45.4 Å². The van der Waals surface area contributed by atoms with Gasteiger partial charge in [-0.25, -0.2) is 0 Å². The molecule has 1 aliphatic heterocycles. The smallest absolute Gasteiger partial charge is 0.203 e. The first-order chi connectivity index (χ1) is 10.1. The summed E-state index contributed by atoms with van der Waals surface area (Å²) in [6, 6.07) is 4.22. The van der Waals surface area contributed by atoms with Crippen LogP contribution < -0.4 is 19.9 Å². The largest absolute Gasteiger partial charge is 0.493 e. The van der Waals surface area contributed by atoms with Crippen LogP contribution in [0.3, 0.4) is 0 Å². The van der Waals surface area contributed by atoms with Crippen LogP contribution in [0, 0.1) is 5.92 Å². The van der Waals surface area contributed by atoms with Gasteiger partial charge < -0.3 is 19.9 Å². The summed E-state index contributed by atoms with van der Waals surface area (Å²) >= 11 is 0. The quantitative estimate of drug-likeness (QED) is 0.868. The van der Waals surface area contributed by atoms with E-state index in [1.165, 1.54) is 0 Å². The molecule has 1 aliphatic rings. The third-order valence-corrected chi connectivity index (χ3v) is 4.23. The second-order valence-corrected chi connectivity index (χ2v) is 5.64. The van der Waals surface area contributed by atoms with Gasteiger partial charge in [-0.2, -0.15) is 0 Å². The number of hydrogen-bond acceptors (Lipinski definition) is 5. The topological polar surface area (TPSA) is 57.0 Å². The van der Waals surface area contributed by atoms with Gasteiger partial charge in [0, 0.05) is 24.7 Å². The van der Waals surface area contributed by atoms with Crippen molar-refractivity contribution in [1.82, 2.24) is 4.90 Å². The van der Waals surface area contributed by atoms with E-state index in [1.54, 1.807) is 21.3 Å². The van der Waals surface area contributed by atoms with Crippen LogP contribution in [0.15, 0.2) is 12.1 Å². The minimum absolute atomic E-state index is 0.252. The zero-order valence-corrected chi connectivity index (χ0v) is 13.4. The van der Waals surface area contributed by atoms with Crippen LogP contribution in [0.4, 0.5) is 0 Å². The Morgan fingerprint density at radius 2 is 1.90 bits per heavy atom. The molecule has 1 fully saturated rings. The molecule has 1 saturated heterocycles. The van der Waals surface area contributed by atoms with E-state index >= 15 is 0 Å². The normalized spacial score (nSPS) is 20.3. The Balaban J connectivity index is 2.17. The Hall–Kier alpha value is -1.46. The number of likely N-dealkylation sites (tertiary alicyclic amines) is 1. The van der Waals surface area contributed by atoms with Crippen molar-refractivity contribution < 1.29 is 14.2 Å². The molecule has 5 heteroatoms. The minimum Gasteiger partial charge on any atom is -0.493 e. The van der Waals surface area contributed by atoms with Crippen molar-refractivity contribution >= 4 is 0 Å². The summed E-state index contributed by atoms with van der Waals surface area (Å²) in [5.41, 5.74) is 7.12. The summed E-state index contributed by atoms with van der Waals surface area (Å²) in [6.45, 7) is 5.04. The average Bonchev–Trinajstić information content (AvgIpc) is 2.95. The van der Waals surface area contributed by atoms with Gasteiger partial charge in [0.15, 0.2) is 11.5 Å². The van der Waals surface area contributed by atoms with Crippen LogP contribution in [0.5, 0.6) is 17.2 Å². The van der Waals surface area contributed by atoms with Crippen molar-refractivity contribution in [1.29, 1.82) is 0 Å². The lowest BCUT2D eigenvalue weighted by Crippen LogP contribution is -2.29. The van der Waals surface area contributed by atoms with Crippen LogP contribution in [0.25, 0.3) is 0 Å². The van der Waals surface area contributed by atoms with Gasteiger partial charge >= 0.3 is 0 Å². The van der Waals surface area contributed by atoms with Gasteiger partial charge in [0.05, 0.1) is 21.3 Å². The molecular formula is C16H26N2O3. The summed E-state index contributed by atoms with van der Waals surface area (Å²) < 4.78 is 16.3. The lowest BCUT2D eigenvalue weighted by molar-refractivity contribution is 0.291. The third kappa shape index (κ3) is 3.41. The van der Waals surface area contributed by atoms with Crippen molar-refractivity contribution in [3.8, 4) is 17.2 Å². The third-order valence-electron chi connectivity index (χ3n) is 4.23. The molecule has 1 aromatic carbocycles. The molecule has 0 aromatic heterocycles.